The number of likely N-dealkylation sites (tertiary alicyclic amines) is 1. The molecule has 1 fully saturated rings. The van der Waals surface area contributed by atoms with Gasteiger partial charge >= 0.3 is 6.61 Å². The van der Waals surface area contributed by atoms with Gasteiger partial charge in [-0.2, -0.15) is 8.78 Å². The summed E-state index contributed by atoms with van der Waals surface area (Å²) in [5.74, 6) is 0.388. The number of hydrogen-bond acceptors (Lipinski definition) is 3. The molecule has 0 spiro atoms. The predicted molar refractivity (Wildman–Crippen MR) is 73.1 cm³/mol. The smallest absolute Gasteiger partial charge is 0.387 e. The fourth-order valence-corrected chi connectivity index (χ4v) is 2.72. The quantitative estimate of drug-likeness (QED) is 0.907. The molecule has 1 aromatic carbocycles. The first-order valence-electron chi connectivity index (χ1n) is 6.59. The molecular weight excluding hydrogens is 288 g/mol. The molecule has 1 aromatic rings. The molecule has 3 nitrogen and oxygen atoms in total. The number of hydrogen-bond donors (Lipinski definition) is 1. The minimum Gasteiger partial charge on any atom is -0.434 e. The Morgan fingerprint density at radius 3 is 2.85 bits per heavy atom. The number of aliphatic hydroxyl groups excluding tert-OH is 1. The van der Waals surface area contributed by atoms with Crippen molar-refractivity contribution < 1.29 is 18.6 Å². The van der Waals surface area contributed by atoms with E-state index in [1.165, 1.54) is 12.1 Å². The highest BCUT2D eigenvalue weighted by Gasteiger charge is 2.26. The molecule has 2 unspecified atom stereocenters. The lowest BCUT2D eigenvalue weighted by molar-refractivity contribution is -0.0507. The maximum atomic E-state index is 12.4. The Bertz CT molecular complexity index is 457. The zero-order valence-electron chi connectivity index (χ0n) is 11.2. The van der Waals surface area contributed by atoms with Gasteiger partial charge in [0.1, 0.15) is 5.75 Å². The van der Waals surface area contributed by atoms with E-state index in [4.69, 9.17) is 11.6 Å². The second-order valence-electron chi connectivity index (χ2n) is 5.16. The van der Waals surface area contributed by atoms with Crippen LogP contribution in [0.2, 0.25) is 5.02 Å². The van der Waals surface area contributed by atoms with Gasteiger partial charge in [-0.1, -0.05) is 11.6 Å². The van der Waals surface area contributed by atoms with Gasteiger partial charge in [0, 0.05) is 23.7 Å². The van der Waals surface area contributed by atoms with Crippen LogP contribution in [0.4, 0.5) is 8.78 Å². The van der Waals surface area contributed by atoms with Gasteiger partial charge < -0.3 is 9.84 Å². The van der Waals surface area contributed by atoms with Crippen LogP contribution in [0, 0.1) is 5.92 Å². The monoisotopic (exact) mass is 305 g/mol. The molecule has 0 amide bonds. The van der Waals surface area contributed by atoms with Crippen molar-refractivity contribution in [2.75, 3.05) is 13.1 Å². The lowest BCUT2D eigenvalue weighted by Crippen LogP contribution is -2.24. The molecule has 1 N–H and O–H groups in total. The van der Waals surface area contributed by atoms with Crippen LogP contribution in [0.1, 0.15) is 18.9 Å². The topological polar surface area (TPSA) is 32.7 Å². The van der Waals surface area contributed by atoms with Crippen LogP contribution in [-0.2, 0) is 6.54 Å². The second-order valence-corrected chi connectivity index (χ2v) is 5.59. The van der Waals surface area contributed by atoms with Crippen molar-refractivity contribution in [3.8, 4) is 5.75 Å². The van der Waals surface area contributed by atoms with Crippen molar-refractivity contribution in [2.24, 2.45) is 5.92 Å². The van der Waals surface area contributed by atoms with Crippen molar-refractivity contribution >= 4 is 11.6 Å². The van der Waals surface area contributed by atoms with E-state index < -0.39 is 6.61 Å². The number of benzene rings is 1. The predicted octanol–water partition coefficient (Wildman–Crippen LogP) is 3.14. The van der Waals surface area contributed by atoms with Crippen molar-refractivity contribution in [1.29, 1.82) is 0 Å². The molecule has 1 heterocycles. The standard InChI is InChI=1S/C14H18ClF2NO2/c1-9(19)10-4-5-18(7-10)8-11-6-12(15)2-3-13(11)20-14(16)17/h2-3,6,9-10,14,19H,4-5,7-8H2,1H3. The fraction of sp³-hybridized carbons (Fsp3) is 0.571. The van der Waals surface area contributed by atoms with Gasteiger partial charge in [0.05, 0.1) is 6.10 Å². The van der Waals surface area contributed by atoms with Crippen LogP contribution in [-0.4, -0.2) is 35.8 Å². The molecule has 0 aromatic heterocycles. The number of ether oxygens (including phenoxy) is 1. The zero-order valence-corrected chi connectivity index (χ0v) is 12.0. The van der Waals surface area contributed by atoms with E-state index >= 15 is 0 Å². The summed E-state index contributed by atoms with van der Waals surface area (Å²) < 4.78 is 29.3. The third-order valence-electron chi connectivity index (χ3n) is 3.62. The van der Waals surface area contributed by atoms with Gasteiger partial charge in [-0.05, 0) is 44.0 Å². The highest BCUT2D eigenvalue weighted by molar-refractivity contribution is 6.30. The molecule has 2 atom stereocenters. The van der Waals surface area contributed by atoms with Crippen LogP contribution in [0.5, 0.6) is 5.75 Å². The molecule has 2 rings (SSSR count). The Labute approximate surface area is 122 Å². The second kappa shape index (κ2) is 6.70. The zero-order chi connectivity index (χ0) is 14.7. The lowest BCUT2D eigenvalue weighted by atomic mass is 10.0. The molecule has 112 valence electrons. The van der Waals surface area contributed by atoms with Crippen molar-refractivity contribution in [3.63, 3.8) is 0 Å². The molecule has 0 radical (unpaired) electrons. The largest absolute Gasteiger partial charge is 0.434 e. The van der Waals surface area contributed by atoms with E-state index in [9.17, 15) is 13.9 Å². The summed E-state index contributed by atoms with van der Waals surface area (Å²) in [7, 11) is 0. The lowest BCUT2D eigenvalue weighted by Gasteiger charge is -2.19. The fourth-order valence-electron chi connectivity index (χ4n) is 2.52. The summed E-state index contributed by atoms with van der Waals surface area (Å²) >= 11 is 5.92. The van der Waals surface area contributed by atoms with Gasteiger partial charge in [0.2, 0.25) is 0 Å². The van der Waals surface area contributed by atoms with Crippen LogP contribution >= 0.6 is 11.6 Å². The Kier molecular flexibility index (Phi) is 5.18. The van der Waals surface area contributed by atoms with E-state index in [0.717, 1.165) is 19.5 Å². The number of rotatable bonds is 5. The first kappa shape index (κ1) is 15.5. The normalized spacial score (nSPS) is 21.4. The Morgan fingerprint density at radius 2 is 2.25 bits per heavy atom. The van der Waals surface area contributed by atoms with E-state index in [1.807, 2.05) is 0 Å². The van der Waals surface area contributed by atoms with Gasteiger partial charge in [0.25, 0.3) is 0 Å². The molecule has 1 saturated heterocycles. The van der Waals surface area contributed by atoms with Crippen molar-refractivity contribution in [2.45, 2.75) is 32.6 Å². The minimum absolute atomic E-state index is 0.157. The third kappa shape index (κ3) is 4.04. The maximum Gasteiger partial charge on any atom is 0.387 e. The first-order valence-corrected chi connectivity index (χ1v) is 6.97. The molecule has 6 heteroatoms. The SMILES string of the molecule is CC(O)C1CCN(Cc2cc(Cl)ccc2OC(F)F)C1. The van der Waals surface area contributed by atoms with E-state index in [1.54, 1.807) is 13.0 Å². The molecule has 20 heavy (non-hydrogen) atoms. The van der Waals surface area contributed by atoms with Crippen LogP contribution in [0.25, 0.3) is 0 Å². The maximum absolute atomic E-state index is 12.4. The van der Waals surface area contributed by atoms with E-state index in [-0.39, 0.29) is 17.8 Å². The highest BCUT2D eigenvalue weighted by atomic mass is 35.5. The highest BCUT2D eigenvalue weighted by Crippen LogP contribution is 2.28. The van der Waals surface area contributed by atoms with Crippen LogP contribution in [0.15, 0.2) is 18.2 Å². The Hall–Kier alpha value is -0.910. The number of halogens is 3. The summed E-state index contributed by atoms with van der Waals surface area (Å²) in [5, 5.41) is 10.1. The summed E-state index contributed by atoms with van der Waals surface area (Å²) in [4.78, 5) is 2.11. The molecule has 0 bridgehead atoms. The molecule has 1 aliphatic rings. The van der Waals surface area contributed by atoms with Crippen molar-refractivity contribution in [1.82, 2.24) is 4.90 Å². The van der Waals surface area contributed by atoms with Gasteiger partial charge in [0.15, 0.2) is 0 Å². The van der Waals surface area contributed by atoms with Crippen molar-refractivity contribution in [3.05, 3.63) is 28.8 Å². The minimum atomic E-state index is -2.85. The molecule has 0 saturated carbocycles. The first-order chi connectivity index (χ1) is 9.45. The Morgan fingerprint density at radius 1 is 1.50 bits per heavy atom. The number of nitrogens with zero attached hydrogens (tertiary/aromatic N) is 1. The van der Waals surface area contributed by atoms with Gasteiger partial charge in [-0.25, -0.2) is 0 Å². The molecule has 1 aliphatic heterocycles. The van der Waals surface area contributed by atoms with Gasteiger partial charge in [-0.3, -0.25) is 4.90 Å². The number of aliphatic hydroxyl groups is 1. The third-order valence-corrected chi connectivity index (χ3v) is 3.86. The summed E-state index contributed by atoms with van der Waals surface area (Å²) in [6.45, 7) is 0.998. The molecular formula is C14H18ClF2NO2. The molecule has 0 aliphatic carbocycles. The number of alkyl halides is 2. The Balaban J connectivity index is 2.06. The van der Waals surface area contributed by atoms with E-state index in [0.29, 0.717) is 17.1 Å². The summed E-state index contributed by atoms with van der Waals surface area (Å²) in [6, 6.07) is 4.65. The summed E-state index contributed by atoms with van der Waals surface area (Å²) in [6.07, 6.45) is 0.555. The average molecular weight is 306 g/mol. The summed E-state index contributed by atoms with van der Waals surface area (Å²) in [5.41, 5.74) is 0.643. The average Bonchev–Trinajstić information content (AvgIpc) is 2.81. The van der Waals surface area contributed by atoms with Crippen LogP contribution < -0.4 is 4.74 Å². The van der Waals surface area contributed by atoms with Gasteiger partial charge in [-0.15, -0.1) is 0 Å². The van der Waals surface area contributed by atoms with E-state index in [2.05, 4.69) is 9.64 Å². The van der Waals surface area contributed by atoms with Crippen LogP contribution in [0.3, 0.4) is 0 Å².